The number of aliphatic hydroxyl groups is 2. The number of phosphoric ester groups is 1. The minimum absolute atomic E-state index is 0.00839. The number of rotatable bonds is 7. The summed E-state index contributed by atoms with van der Waals surface area (Å²) in [5, 5.41) is 21.0. The SMILES string of the molecule is Nc1nc2c(c(=O)[nH]1)n(Cc1ccc(-c3ccccc3)cc1F)c[n+]2[C@H]1O[C@@H](COP(=O)(O)O)[C@H](O)[C@@H]1O. The lowest BCUT2D eigenvalue weighted by atomic mass is 10.0. The molecule has 200 valence electrons. The fourth-order valence-corrected chi connectivity index (χ4v) is 4.76. The van der Waals surface area contributed by atoms with Crippen LogP contribution in [0.5, 0.6) is 0 Å². The average molecular weight is 548 g/mol. The van der Waals surface area contributed by atoms with Gasteiger partial charge in [-0.15, -0.1) is 0 Å². The predicted molar refractivity (Wildman–Crippen MR) is 130 cm³/mol. The van der Waals surface area contributed by atoms with Crippen molar-refractivity contribution >= 4 is 24.9 Å². The molecule has 4 aromatic rings. The molecule has 1 saturated heterocycles. The molecule has 1 aliphatic heterocycles. The topological polar surface area (TPSA) is 197 Å². The Morgan fingerprint density at radius 2 is 1.89 bits per heavy atom. The Balaban J connectivity index is 1.51. The van der Waals surface area contributed by atoms with Gasteiger partial charge in [0.05, 0.1) is 13.2 Å². The minimum Gasteiger partial charge on any atom is -0.387 e. The van der Waals surface area contributed by atoms with Crippen molar-refractivity contribution < 1.29 is 42.8 Å². The molecule has 38 heavy (non-hydrogen) atoms. The van der Waals surface area contributed by atoms with Gasteiger partial charge in [0, 0.05) is 5.56 Å². The lowest BCUT2D eigenvalue weighted by molar-refractivity contribution is -0.745. The molecule has 1 fully saturated rings. The number of benzene rings is 2. The van der Waals surface area contributed by atoms with E-state index in [9.17, 15) is 19.6 Å². The van der Waals surface area contributed by atoms with Gasteiger partial charge in [0.15, 0.2) is 6.33 Å². The van der Waals surface area contributed by atoms with Crippen LogP contribution in [0.2, 0.25) is 0 Å². The number of aromatic nitrogens is 4. The molecule has 0 radical (unpaired) electrons. The molecule has 13 nitrogen and oxygen atoms in total. The fourth-order valence-electron chi connectivity index (χ4n) is 4.42. The Morgan fingerprint density at radius 3 is 2.58 bits per heavy atom. The maximum Gasteiger partial charge on any atom is 0.469 e. The lowest BCUT2D eigenvalue weighted by Crippen LogP contribution is -2.46. The van der Waals surface area contributed by atoms with E-state index in [4.69, 9.17) is 20.3 Å². The fraction of sp³-hybridized carbons (Fsp3) is 0.261. The van der Waals surface area contributed by atoms with Gasteiger partial charge in [-0.25, -0.2) is 13.5 Å². The highest BCUT2D eigenvalue weighted by atomic mass is 31.2. The summed E-state index contributed by atoms with van der Waals surface area (Å²) >= 11 is 0. The molecule has 0 aliphatic carbocycles. The summed E-state index contributed by atoms with van der Waals surface area (Å²) < 4.78 is 38.8. The van der Waals surface area contributed by atoms with Crippen molar-refractivity contribution in [2.45, 2.75) is 31.1 Å². The molecule has 2 aromatic heterocycles. The van der Waals surface area contributed by atoms with Crippen LogP contribution in [-0.4, -0.2) is 59.5 Å². The molecule has 3 heterocycles. The van der Waals surface area contributed by atoms with Crippen LogP contribution in [0.3, 0.4) is 0 Å². The number of anilines is 1. The van der Waals surface area contributed by atoms with Crippen molar-refractivity contribution in [2.24, 2.45) is 0 Å². The number of nitrogens with one attached hydrogen (secondary N) is 1. The number of aliphatic hydroxyl groups excluding tert-OH is 2. The Bertz CT molecular complexity index is 1590. The van der Waals surface area contributed by atoms with Crippen molar-refractivity contribution in [1.82, 2.24) is 14.5 Å². The zero-order valence-corrected chi connectivity index (χ0v) is 20.5. The number of imidazole rings is 1. The molecule has 7 N–H and O–H groups in total. The van der Waals surface area contributed by atoms with Gasteiger partial charge in [-0.1, -0.05) is 47.4 Å². The van der Waals surface area contributed by atoms with Crippen LogP contribution in [0.25, 0.3) is 22.3 Å². The van der Waals surface area contributed by atoms with Crippen molar-refractivity contribution in [2.75, 3.05) is 12.3 Å². The van der Waals surface area contributed by atoms with Crippen LogP contribution in [-0.2, 0) is 20.4 Å². The quantitative estimate of drug-likeness (QED) is 0.137. The Kier molecular flexibility index (Phi) is 6.88. The Morgan fingerprint density at radius 1 is 1.16 bits per heavy atom. The summed E-state index contributed by atoms with van der Waals surface area (Å²) in [5.41, 5.74) is 6.82. The standard InChI is InChI=1S/C23H23FN5O8P/c24-15-8-13(12-4-2-1-3-5-12)6-7-14(15)9-28-11-29(20-17(28)21(32)27-23(25)26-20)22-19(31)18(30)16(37-22)10-36-38(33,34)35/h1-8,11,16,18-19,22,30-31H,9-10H2,(H4-,25,26,27,32,33,34,35)/p+1/t16-,18-,19-,22-/m0/s1. The van der Waals surface area contributed by atoms with Crippen LogP contribution < -0.4 is 15.9 Å². The third-order valence-electron chi connectivity index (χ3n) is 6.21. The molecule has 2 aromatic carbocycles. The van der Waals surface area contributed by atoms with Crippen LogP contribution in [0.4, 0.5) is 10.3 Å². The normalized spacial score (nSPS) is 21.8. The Hall–Kier alpha value is -3.49. The minimum atomic E-state index is -4.86. The van der Waals surface area contributed by atoms with Crippen LogP contribution in [0.15, 0.2) is 59.7 Å². The third-order valence-corrected chi connectivity index (χ3v) is 6.70. The maximum absolute atomic E-state index is 15.1. The van der Waals surface area contributed by atoms with Gasteiger partial charge < -0.3 is 30.5 Å². The number of phosphoric acid groups is 1. The van der Waals surface area contributed by atoms with E-state index in [1.165, 1.54) is 21.5 Å². The summed E-state index contributed by atoms with van der Waals surface area (Å²) in [7, 11) is -4.86. The average Bonchev–Trinajstić information content (AvgIpc) is 3.36. The molecule has 15 heteroatoms. The molecular formula is C23H24FN5O8P+. The molecule has 0 saturated carbocycles. The number of H-pyrrole nitrogens is 1. The number of hydrogen-bond donors (Lipinski definition) is 6. The van der Waals surface area contributed by atoms with E-state index in [0.29, 0.717) is 5.56 Å². The summed E-state index contributed by atoms with van der Waals surface area (Å²) in [6.45, 7) is -0.817. The van der Waals surface area contributed by atoms with Gasteiger partial charge in [-0.2, -0.15) is 0 Å². The number of halogens is 1. The van der Waals surface area contributed by atoms with Gasteiger partial charge in [0.2, 0.25) is 11.7 Å². The summed E-state index contributed by atoms with van der Waals surface area (Å²) in [6, 6.07) is 14.0. The molecule has 4 atom stereocenters. The molecular weight excluding hydrogens is 524 g/mol. The maximum atomic E-state index is 15.1. The Labute approximate surface area is 213 Å². The highest BCUT2D eigenvalue weighted by Crippen LogP contribution is 2.38. The van der Waals surface area contributed by atoms with Crippen molar-refractivity contribution in [3.63, 3.8) is 0 Å². The van der Waals surface area contributed by atoms with E-state index < -0.39 is 50.3 Å². The predicted octanol–water partition coefficient (Wildman–Crippen LogP) is 0.177. The number of nitrogen functional groups attached to an aromatic ring is 1. The lowest BCUT2D eigenvalue weighted by Gasteiger charge is -2.14. The van der Waals surface area contributed by atoms with E-state index in [-0.39, 0.29) is 29.2 Å². The van der Waals surface area contributed by atoms with Crippen LogP contribution in [0.1, 0.15) is 11.8 Å². The zero-order chi connectivity index (χ0) is 27.2. The number of nitrogens with zero attached hydrogens (tertiary/aromatic N) is 3. The van der Waals surface area contributed by atoms with E-state index in [0.717, 1.165) is 5.56 Å². The second-order valence-corrected chi connectivity index (χ2v) is 10.0. The van der Waals surface area contributed by atoms with Crippen LogP contribution in [0, 0.1) is 5.82 Å². The van der Waals surface area contributed by atoms with Crippen molar-refractivity contribution in [1.29, 1.82) is 0 Å². The largest absolute Gasteiger partial charge is 0.469 e. The van der Waals surface area contributed by atoms with E-state index >= 15 is 4.39 Å². The first-order valence-corrected chi connectivity index (χ1v) is 12.9. The first-order valence-electron chi connectivity index (χ1n) is 11.4. The van der Waals surface area contributed by atoms with Gasteiger partial charge in [-0.3, -0.25) is 18.9 Å². The highest BCUT2D eigenvalue weighted by molar-refractivity contribution is 7.46. The number of aromatic amines is 1. The summed E-state index contributed by atoms with van der Waals surface area (Å²) in [4.78, 5) is 37.2. The molecule has 5 rings (SSSR count). The second kappa shape index (κ2) is 10.0. The van der Waals surface area contributed by atoms with E-state index in [1.807, 2.05) is 30.3 Å². The number of ether oxygens (including phenoxy) is 1. The second-order valence-electron chi connectivity index (χ2n) is 8.78. The van der Waals surface area contributed by atoms with E-state index in [1.54, 1.807) is 12.1 Å². The number of hydrogen-bond acceptors (Lipinski definition) is 8. The van der Waals surface area contributed by atoms with Gasteiger partial charge >= 0.3 is 13.5 Å². The summed E-state index contributed by atoms with van der Waals surface area (Å²) in [5.74, 6) is -0.747. The molecule has 0 amide bonds. The first kappa shape index (κ1) is 26.1. The molecule has 0 spiro atoms. The smallest absolute Gasteiger partial charge is 0.387 e. The van der Waals surface area contributed by atoms with Crippen molar-refractivity contribution in [3.05, 3.63) is 76.6 Å². The highest BCUT2D eigenvalue weighted by Gasteiger charge is 2.47. The first-order chi connectivity index (χ1) is 18.0. The number of fused-ring (bicyclic) bond motifs is 1. The molecule has 0 unspecified atom stereocenters. The monoisotopic (exact) mass is 548 g/mol. The molecule has 0 bridgehead atoms. The van der Waals surface area contributed by atoms with E-state index in [2.05, 4.69) is 14.5 Å². The van der Waals surface area contributed by atoms with Crippen LogP contribution >= 0.6 is 7.82 Å². The summed E-state index contributed by atoms with van der Waals surface area (Å²) in [6.07, 6.45) is -4.47. The number of nitrogens with two attached hydrogens (primary N) is 1. The van der Waals surface area contributed by atoms with Gasteiger partial charge in [-0.05, 0) is 17.2 Å². The van der Waals surface area contributed by atoms with Crippen molar-refractivity contribution in [3.8, 4) is 11.1 Å². The third kappa shape index (κ3) is 5.11. The zero-order valence-electron chi connectivity index (χ0n) is 19.6. The van der Waals surface area contributed by atoms with Gasteiger partial charge in [0.1, 0.15) is 24.1 Å². The molecule has 1 aliphatic rings. The van der Waals surface area contributed by atoms with Gasteiger partial charge in [0.25, 0.3) is 11.5 Å².